The molecule has 9 heteroatoms. The summed E-state index contributed by atoms with van der Waals surface area (Å²) in [7, 11) is 2.11. The summed E-state index contributed by atoms with van der Waals surface area (Å²) in [6.45, 7) is 4.94. The van der Waals surface area contributed by atoms with E-state index in [-0.39, 0.29) is 13.2 Å². The number of nitrogens with zero attached hydrogens (tertiary/aromatic N) is 4. The molecule has 2 aromatic rings. The minimum absolute atomic E-state index is 0.120. The van der Waals surface area contributed by atoms with E-state index >= 15 is 0 Å². The monoisotopic (exact) mass is 475 g/mol. The first-order valence-electron chi connectivity index (χ1n) is 9.71. The normalized spacial score (nSPS) is 15.9. The minimum atomic E-state index is -0.546. The van der Waals surface area contributed by atoms with E-state index in [4.69, 9.17) is 15.9 Å². The zero-order valence-electron chi connectivity index (χ0n) is 16.9. The molecule has 1 aliphatic rings. The molecule has 1 saturated heterocycles. The first-order valence-corrected chi connectivity index (χ1v) is 10.5. The van der Waals surface area contributed by atoms with Gasteiger partial charge in [0.2, 0.25) is 11.8 Å². The fourth-order valence-electron chi connectivity index (χ4n) is 2.99. The summed E-state index contributed by atoms with van der Waals surface area (Å²) in [5.74, 6) is 3.79. The molecule has 0 radical (unpaired) electrons. The SMILES string of the molecule is C#CCOc1nc(Nc2cccc(OC[C@@H](O)CN3CCN(C)CC3)c2)ncc1Br. The summed E-state index contributed by atoms with van der Waals surface area (Å²) in [6.07, 6.45) is 6.27. The number of nitrogens with one attached hydrogen (secondary N) is 1. The number of hydrogen-bond donors (Lipinski definition) is 2. The number of halogens is 1. The predicted octanol–water partition coefficient (Wildman–Crippen LogP) is 1.98. The molecule has 0 spiro atoms. The maximum atomic E-state index is 10.3. The van der Waals surface area contributed by atoms with Gasteiger partial charge in [0.25, 0.3) is 0 Å². The zero-order valence-corrected chi connectivity index (χ0v) is 18.5. The highest BCUT2D eigenvalue weighted by atomic mass is 79.9. The van der Waals surface area contributed by atoms with E-state index in [0.717, 1.165) is 31.9 Å². The van der Waals surface area contributed by atoms with Gasteiger partial charge in [-0.15, -0.1) is 6.42 Å². The molecule has 160 valence electrons. The number of hydrogen-bond acceptors (Lipinski definition) is 8. The van der Waals surface area contributed by atoms with Crippen molar-refractivity contribution in [3.63, 3.8) is 0 Å². The molecule has 8 nitrogen and oxygen atoms in total. The van der Waals surface area contributed by atoms with Crippen LogP contribution < -0.4 is 14.8 Å². The molecule has 1 aromatic carbocycles. The minimum Gasteiger partial charge on any atom is -0.491 e. The van der Waals surface area contributed by atoms with Crippen LogP contribution >= 0.6 is 15.9 Å². The van der Waals surface area contributed by atoms with Crippen molar-refractivity contribution in [1.29, 1.82) is 0 Å². The molecular weight excluding hydrogens is 450 g/mol. The molecule has 0 aliphatic carbocycles. The first-order chi connectivity index (χ1) is 14.5. The first kappa shape index (κ1) is 22.3. The summed E-state index contributed by atoms with van der Waals surface area (Å²) in [5.41, 5.74) is 0.756. The van der Waals surface area contributed by atoms with E-state index in [1.807, 2.05) is 24.3 Å². The van der Waals surface area contributed by atoms with Crippen molar-refractivity contribution in [2.75, 3.05) is 58.3 Å². The van der Waals surface area contributed by atoms with Crippen LogP contribution in [0.1, 0.15) is 0 Å². The van der Waals surface area contributed by atoms with Crippen molar-refractivity contribution in [3.05, 3.63) is 34.9 Å². The summed E-state index contributed by atoms with van der Waals surface area (Å²) in [4.78, 5) is 13.1. The van der Waals surface area contributed by atoms with Crippen LogP contribution in [0.3, 0.4) is 0 Å². The Bertz CT molecular complexity index is 868. The van der Waals surface area contributed by atoms with Crippen molar-refractivity contribution in [1.82, 2.24) is 19.8 Å². The van der Waals surface area contributed by atoms with Crippen molar-refractivity contribution in [2.45, 2.75) is 6.10 Å². The Balaban J connectivity index is 1.53. The zero-order chi connectivity index (χ0) is 21.3. The average molecular weight is 476 g/mol. The van der Waals surface area contributed by atoms with E-state index in [1.54, 1.807) is 6.20 Å². The third-order valence-electron chi connectivity index (χ3n) is 4.60. The van der Waals surface area contributed by atoms with Crippen molar-refractivity contribution < 1.29 is 14.6 Å². The topological polar surface area (TPSA) is 83.0 Å². The van der Waals surface area contributed by atoms with Gasteiger partial charge in [-0.05, 0) is 35.1 Å². The summed E-state index contributed by atoms with van der Waals surface area (Å²) < 4.78 is 11.8. The Hall–Kier alpha value is -2.38. The van der Waals surface area contributed by atoms with Crippen molar-refractivity contribution >= 4 is 27.6 Å². The van der Waals surface area contributed by atoms with E-state index < -0.39 is 6.10 Å². The Morgan fingerprint density at radius 1 is 1.30 bits per heavy atom. The second-order valence-electron chi connectivity index (χ2n) is 7.06. The highest BCUT2D eigenvalue weighted by Crippen LogP contribution is 2.25. The Kier molecular flexibility index (Phi) is 8.28. The number of likely N-dealkylation sites (N-methyl/N-ethyl adjacent to an activating group) is 1. The van der Waals surface area contributed by atoms with E-state index in [0.29, 0.717) is 28.6 Å². The molecule has 3 rings (SSSR count). The van der Waals surface area contributed by atoms with E-state index in [2.05, 4.69) is 54.0 Å². The van der Waals surface area contributed by atoms with Gasteiger partial charge in [-0.3, -0.25) is 4.90 Å². The smallest absolute Gasteiger partial charge is 0.233 e. The van der Waals surface area contributed by atoms with Crippen LogP contribution in [0.5, 0.6) is 11.6 Å². The lowest BCUT2D eigenvalue weighted by Crippen LogP contribution is -2.47. The fourth-order valence-corrected chi connectivity index (χ4v) is 3.29. The predicted molar refractivity (Wildman–Crippen MR) is 119 cm³/mol. The molecule has 1 fully saturated rings. The molecule has 0 unspecified atom stereocenters. The number of piperazine rings is 1. The summed E-state index contributed by atoms with van der Waals surface area (Å²) in [6, 6.07) is 7.41. The molecule has 2 N–H and O–H groups in total. The molecule has 0 saturated carbocycles. The lowest BCUT2D eigenvalue weighted by molar-refractivity contribution is 0.0505. The highest BCUT2D eigenvalue weighted by molar-refractivity contribution is 9.10. The van der Waals surface area contributed by atoms with Crippen LogP contribution in [0, 0.1) is 12.3 Å². The Morgan fingerprint density at radius 3 is 2.87 bits per heavy atom. The van der Waals surface area contributed by atoms with Gasteiger partial charge >= 0.3 is 0 Å². The quantitative estimate of drug-likeness (QED) is 0.532. The number of aliphatic hydroxyl groups is 1. The number of benzene rings is 1. The lowest BCUT2D eigenvalue weighted by atomic mass is 10.2. The fraction of sp³-hybridized carbons (Fsp3) is 0.429. The van der Waals surface area contributed by atoms with Gasteiger partial charge in [0.1, 0.15) is 18.5 Å². The van der Waals surface area contributed by atoms with Crippen LogP contribution in [-0.4, -0.2) is 84.0 Å². The Morgan fingerprint density at radius 2 is 2.10 bits per heavy atom. The largest absolute Gasteiger partial charge is 0.491 e. The van der Waals surface area contributed by atoms with E-state index in [9.17, 15) is 5.11 Å². The number of aliphatic hydroxyl groups excluding tert-OH is 1. The maximum absolute atomic E-state index is 10.3. The second-order valence-corrected chi connectivity index (χ2v) is 7.92. The number of anilines is 2. The van der Waals surface area contributed by atoms with E-state index in [1.165, 1.54) is 0 Å². The van der Waals surface area contributed by atoms with Crippen molar-refractivity contribution in [3.8, 4) is 24.0 Å². The van der Waals surface area contributed by atoms with Crippen LogP contribution in [0.25, 0.3) is 0 Å². The molecule has 30 heavy (non-hydrogen) atoms. The number of rotatable bonds is 9. The summed E-state index contributed by atoms with van der Waals surface area (Å²) >= 11 is 3.33. The number of ether oxygens (including phenoxy) is 2. The van der Waals surface area contributed by atoms with Crippen molar-refractivity contribution in [2.24, 2.45) is 0 Å². The van der Waals surface area contributed by atoms with Gasteiger partial charge in [-0.25, -0.2) is 4.98 Å². The number of terminal acetylenes is 1. The molecule has 1 aromatic heterocycles. The average Bonchev–Trinajstić information content (AvgIpc) is 2.74. The molecule has 1 atom stereocenters. The van der Waals surface area contributed by atoms with Gasteiger partial charge in [0, 0.05) is 44.5 Å². The molecular formula is C21H26BrN5O3. The lowest BCUT2D eigenvalue weighted by Gasteiger charge is -2.33. The molecule has 2 heterocycles. The highest BCUT2D eigenvalue weighted by Gasteiger charge is 2.17. The van der Waals surface area contributed by atoms with Gasteiger partial charge in [0.05, 0.1) is 10.7 Å². The second kappa shape index (κ2) is 11.1. The molecule has 0 amide bonds. The van der Waals surface area contributed by atoms with Gasteiger partial charge in [0.15, 0.2) is 6.61 Å². The van der Waals surface area contributed by atoms with Crippen LogP contribution in [-0.2, 0) is 0 Å². The third-order valence-corrected chi connectivity index (χ3v) is 5.15. The van der Waals surface area contributed by atoms with Gasteiger partial charge in [-0.2, -0.15) is 4.98 Å². The molecule has 1 aliphatic heterocycles. The third kappa shape index (κ3) is 6.85. The van der Waals surface area contributed by atoms with Crippen LogP contribution in [0.15, 0.2) is 34.9 Å². The molecule has 0 bridgehead atoms. The number of aromatic nitrogens is 2. The Labute approximate surface area is 185 Å². The standard InChI is InChI=1S/C21H26BrN5O3/c1-3-11-29-20-19(22)13-23-21(25-20)24-16-5-4-6-18(12-16)30-15-17(28)14-27-9-7-26(2)8-10-27/h1,4-6,12-13,17,28H,7-11,14-15H2,2H3,(H,23,24,25)/t17-/m0/s1. The van der Waals surface area contributed by atoms with Gasteiger partial charge in [-0.1, -0.05) is 12.0 Å². The van der Waals surface area contributed by atoms with Gasteiger partial charge < -0.3 is 24.8 Å². The summed E-state index contributed by atoms with van der Waals surface area (Å²) in [5, 5.41) is 13.4. The van der Waals surface area contributed by atoms with Crippen LogP contribution in [0.4, 0.5) is 11.6 Å². The maximum Gasteiger partial charge on any atom is 0.233 e. The van der Waals surface area contributed by atoms with Crippen LogP contribution in [0.2, 0.25) is 0 Å². The number of β-amino-alcohol motifs (C(OH)–C–C–N with tert-alkyl or cyclic N) is 1.